The highest BCUT2D eigenvalue weighted by molar-refractivity contribution is 8.00. The van der Waals surface area contributed by atoms with E-state index in [1.165, 1.54) is 17.8 Å². The molecule has 1 aromatic carbocycles. The van der Waals surface area contributed by atoms with E-state index in [4.69, 9.17) is 0 Å². The lowest BCUT2D eigenvalue weighted by Gasteiger charge is -2.37. The van der Waals surface area contributed by atoms with Crippen molar-refractivity contribution < 1.29 is 8.78 Å². The van der Waals surface area contributed by atoms with Gasteiger partial charge in [0.1, 0.15) is 11.6 Å². The summed E-state index contributed by atoms with van der Waals surface area (Å²) in [4.78, 5) is 0.597. The zero-order chi connectivity index (χ0) is 13.4. The first-order valence-corrected chi connectivity index (χ1v) is 7.19. The Morgan fingerprint density at radius 2 is 1.89 bits per heavy atom. The van der Waals surface area contributed by atoms with E-state index >= 15 is 0 Å². The van der Waals surface area contributed by atoms with Crippen molar-refractivity contribution in [3.05, 3.63) is 29.3 Å². The van der Waals surface area contributed by atoms with Gasteiger partial charge in [-0.15, -0.1) is 11.8 Å². The summed E-state index contributed by atoms with van der Waals surface area (Å²) in [6.45, 7) is 8.32. The van der Waals surface area contributed by atoms with Gasteiger partial charge in [0.15, 0.2) is 0 Å². The number of hydrogen-bond donors (Lipinski definition) is 1. The molecule has 0 radical (unpaired) electrons. The normalized spacial score (nSPS) is 27.4. The number of nitrogens with one attached hydrogen (secondary N) is 1. The molecule has 0 bridgehead atoms. The van der Waals surface area contributed by atoms with Gasteiger partial charge in [0.25, 0.3) is 0 Å². The third-order valence-electron chi connectivity index (χ3n) is 3.46. The van der Waals surface area contributed by atoms with Crippen LogP contribution in [-0.2, 0) is 0 Å². The Morgan fingerprint density at radius 1 is 1.22 bits per heavy atom. The summed E-state index contributed by atoms with van der Waals surface area (Å²) in [5.74, 6) is -0.598. The van der Waals surface area contributed by atoms with E-state index in [0.29, 0.717) is 16.1 Å². The Balaban J connectivity index is 2.48. The predicted molar refractivity (Wildman–Crippen MR) is 71.9 cm³/mol. The van der Waals surface area contributed by atoms with Gasteiger partial charge >= 0.3 is 0 Å². The summed E-state index contributed by atoms with van der Waals surface area (Å²) in [5, 5.41) is 3.74. The highest BCUT2D eigenvalue weighted by Gasteiger charge is 2.34. The Kier molecular flexibility index (Phi) is 3.97. The number of benzene rings is 1. The van der Waals surface area contributed by atoms with Gasteiger partial charge in [0.05, 0.1) is 0 Å². The largest absolute Gasteiger partial charge is 0.307 e. The third-order valence-corrected chi connectivity index (χ3v) is 4.92. The molecule has 1 nitrogen and oxygen atoms in total. The number of thioether (sulfide) groups is 1. The molecule has 0 saturated carbocycles. The van der Waals surface area contributed by atoms with E-state index in [1.807, 2.05) is 0 Å². The minimum absolute atomic E-state index is 0.0152. The van der Waals surface area contributed by atoms with Gasteiger partial charge in [-0.1, -0.05) is 27.7 Å². The van der Waals surface area contributed by atoms with Crippen LogP contribution in [0.3, 0.4) is 0 Å². The second-order valence-corrected chi connectivity index (χ2v) is 6.67. The van der Waals surface area contributed by atoms with Crippen molar-refractivity contribution in [1.82, 2.24) is 5.32 Å². The second-order valence-electron chi connectivity index (χ2n) is 5.29. The van der Waals surface area contributed by atoms with E-state index in [1.54, 1.807) is 0 Å². The zero-order valence-corrected chi connectivity index (χ0v) is 11.9. The van der Waals surface area contributed by atoms with E-state index in [0.717, 1.165) is 11.6 Å². The van der Waals surface area contributed by atoms with Gasteiger partial charge < -0.3 is 5.32 Å². The Bertz CT molecular complexity index is 448. The van der Waals surface area contributed by atoms with Gasteiger partial charge in [-0.2, -0.15) is 0 Å². The molecular formula is C14H19F2NS. The quantitative estimate of drug-likeness (QED) is 0.868. The van der Waals surface area contributed by atoms with Crippen molar-refractivity contribution in [2.45, 2.75) is 49.9 Å². The van der Waals surface area contributed by atoms with Gasteiger partial charge in [-0.25, -0.2) is 8.78 Å². The van der Waals surface area contributed by atoms with Crippen molar-refractivity contribution in [1.29, 1.82) is 0 Å². The maximum absolute atomic E-state index is 13.9. The van der Waals surface area contributed by atoms with Crippen molar-refractivity contribution in [2.24, 2.45) is 5.92 Å². The smallest absolute Gasteiger partial charge is 0.140 e. The van der Waals surface area contributed by atoms with Crippen LogP contribution in [-0.4, -0.2) is 11.3 Å². The number of rotatable bonds is 2. The fraction of sp³-hybridized carbons (Fsp3) is 0.571. The molecule has 2 rings (SSSR count). The van der Waals surface area contributed by atoms with Crippen LogP contribution >= 0.6 is 11.8 Å². The lowest BCUT2D eigenvalue weighted by Crippen LogP contribution is -2.38. The highest BCUT2D eigenvalue weighted by atomic mass is 32.2. The maximum Gasteiger partial charge on any atom is 0.140 e. The highest BCUT2D eigenvalue weighted by Crippen LogP contribution is 2.45. The molecule has 0 spiro atoms. The first-order valence-electron chi connectivity index (χ1n) is 6.31. The second kappa shape index (κ2) is 5.17. The molecule has 0 aromatic heterocycles. The zero-order valence-electron chi connectivity index (χ0n) is 11.1. The minimum Gasteiger partial charge on any atom is -0.307 e. The summed E-state index contributed by atoms with van der Waals surface area (Å²) < 4.78 is 27.3. The predicted octanol–water partition coefficient (Wildman–Crippen LogP) is 4.13. The lowest BCUT2D eigenvalue weighted by atomic mass is 9.90. The van der Waals surface area contributed by atoms with Crippen LogP contribution in [0.25, 0.3) is 0 Å². The molecule has 18 heavy (non-hydrogen) atoms. The summed E-state index contributed by atoms with van der Waals surface area (Å²) in [7, 11) is 0. The maximum atomic E-state index is 13.9. The molecule has 100 valence electrons. The van der Waals surface area contributed by atoms with Gasteiger partial charge in [-0.3, -0.25) is 0 Å². The Morgan fingerprint density at radius 3 is 2.50 bits per heavy atom. The van der Waals surface area contributed by atoms with E-state index < -0.39 is 11.6 Å². The summed E-state index contributed by atoms with van der Waals surface area (Å²) >= 11 is 1.50. The van der Waals surface area contributed by atoms with Gasteiger partial charge in [0.2, 0.25) is 0 Å². The number of fused-ring (bicyclic) bond motifs is 1. The molecule has 3 atom stereocenters. The van der Waals surface area contributed by atoms with Gasteiger partial charge in [0, 0.05) is 28.3 Å². The van der Waals surface area contributed by atoms with Crippen molar-refractivity contribution >= 4 is 11.8 Å². The molecule has 0 aliphatic carbocycles. The number of hydrogen-bond acceptors (Lipinski definition) is 2. The lowest BCUT2D eigenvalue weighted by molar-refractivity contribution is 0.343. The average Bonchev–Trinajstić information content (AvgIpc) is 2.26. The molecule has 1 N–H and O–H groups in total. The van der Waals surface area contributed by atoms with E-state index in [9.17, 15) is 8.78 Å². The molecule has 1 aromatic rings. The average molecular weight is 271 g/mol. The Labute approximate surface area is 111 Å². The van der Waals surface area contributed by atoms with Crippen LogP contribution in [0.4, 0.5) is 8.78 Å². The molecule has 1 aliphatic rings. The first-order chi connectivity index (χ1) is 8.40. The molecule has 1 heterocycles. The Hall–Kier alpha value is -0.610. The molecular weight excluding hydrogens is 252 g/mol. The van der Waals surface area contributed by atoms with E-state index in [2.05, 4.69) is 33.0 Å². The van der Waals surface area contributed by atoms with Gasteiger partial charge in [-0.05, 0) is 17.5 Å². The molecule has 1 aliphatic heterocycles. The fourth-order valence-electron chi connectivity index (χ4n) is 2.38. The van der Waals surface area contributed by atoms with Crippen LogP contribution in [0, 0.1) is 17.6 Å². The SMILES string of the molecule is CC(C)NC1c2cc(F)cc(F)c2SC(C)C1C. The monoisotopic (exact) mass is 271 g/mol. The fourth-order valence-corrected chi connectivity index (χ4v) is 3.62. The molecule has 0 saturated heterocycles. The van der Waals surface area contributed by atoms with Crippen molar-refractivity contribution in [3.63, 3.8) is 0 Å². The number of halogens is 2. The molecule has 4 heteroatoms. The van der Waals surface area contributed by atoms with Crippen LogP contribution in [0.2, 0.25) is 0 Å². The van der Waals surface area contributed by atoms with Crippen molar-refractivity contribution in [2.75, 3.05) is 0 Å². The standard InChI is InChI=1S/C14H19F2NS/c1-7(2)17-13-8(3)9(4)18-14-11(13)5-10(15)6-12(14)16/h5-9,13,17H,1-4H3. The topological polar surface area (TPSA) is 12.0 Å². The summed E-state index contributed by atoms with van der Waals surface area (Å²) in [5.41, 5.74) is 0.761. The minimum atomic E-state index is -0.496. The third kappa shape index (κ3) is 2.54. The summed E-state index contributed by atoms with van der Waals surface area (Å²) in [6.07, 6.45) is 0. The van der Waals surface area contributed by atoms with E-state index in [-0.39, 0.29) is 12.1 Å². The first kappa shape index (κ1) is 13.8. The molecule has 3 unspecified atom stereocenters. The van der Waals surface area contributed by atoms with Crippen LogP contribution < -0.4 is 5.32 Å². The van der Waals surface area contributed by atoms with Crippen LogP contribution in [0.5, 0.6) is 0 Å². The molecule has 0 amide bonds. The van der Waals surface area contributed by atoms with Crippen molar-refractivity contribution in [3.8, 4) is 0 Å². The van der Waals surface area contributed by atoms with Crippen LogP contribution in [0.15, 0.2) is 17.0 Å². The molecule has 0 fully saturated rings. The summed E-state index contributed by atoms with van der Waals surface area (Å²) in [6, 6.07) is 2.74. The van der Waals surface area contributed by atoms with Crippen LogP contribution in [0.1, 0.15) is 39.3 Å².